The van der Waals surface area contributed by atoms with Crippen LogP contribution in [0.3, 0.4) is 0 Å². The Morgan fingerprint density at radius 1 is 0.889 bits per heavy atom. The van der Waals surface area contributed by atoms with Crippen molar-refractivity contribution in [2.75, 3.05) is 0 Å². The van der Waals surface area contributed by atoms with E-state index in [2.05, 4.69) is 37.3 Å². The smallest absolute Gasteiger partial charge is 0.0991 e. The van der Waals surface area contributed by atoms with Crippen molar-refractivity contribution in [1.29, 1.82) is 5.26 Å². The van der Waals surface area contributed by atoms with E-state index in [9.17, 15) is 0 Å². The number of nitriles is 1. The van der Waals surface area contributed by atoms with E-state index in [0.29, 0.717) is 0 Å². The molecule has 1 aromatic carbocycles. The molecule has 2 aliphatic rings. The van der Waals surface area contributed by atoms with Crippen molar-refractivity contribution in [3.8, 4) is 6.07 Å². The lowest BCUT2D eigenvalue weighted by molar-refractivity contribution is 0.151. The van der Waals surface area contributed by atoms with Gasteiger partial charge in [-0.3, -0.25) is 0 Å². The predicted molar refractivity (Wildman–Crippen MR) is 115 cm³/mol. The molecule has 0 unspecified atom stereocenters. The summed E-state index contributed by atoms with van der Waals surface area (Å²) in [6.07, 6.45) is 22.1. The van der Waals surface area contributed by atoms with Crippen LogP contribution >= 0.6 is 0 Å². The van der Waals surface area contributed by atoms with Crippen LogP contribution in [0.2, 0.25) is 0 Å². The van der Waals surface area contributed by atoms with Gasteiger partial charge in [-0.1, -0.05) is 69.7 Å². The summed E-state index contributed by atoms with van der Waals surface area (Å²) >= 11 is 0. The standard InChI is InChI=1S/C26H37N/c1-2-3-4-5-21-12-16-25(17-13-21)26-18-14-23(15-19-26)7-6-22-8-10-24(20-27)11-9-22/h6-11,21,23,25-26H,2-5,12-19H2,1H3. The molecule has 27 heavy (non-hydrogen) atoms. The van der Waals surface area contributed by atoms with E-state index in [4.69, 9.17) is 5.26 Å². The number of hydrogen-bond donors (Lipinski definition) is 0. The molecule has 0 amide bonds. The number of benzene rings is 1. The lowest BCUT2D eigenvalue weighted by Gasteiger charge is -2.37. The van der Waals surface area contributed by atoms with Gasteiger partial charge in [0.2, 0.25) is 0 Å². The van der Waals surface area contributed by atoms with Gasteiger partial charge in [-0.25, -0.2) is 0 Å². The first-order valence-corrected chi connectivity index (χ1v) is 11.5. The average Bonchev–Trinajstić information content (AvgIpc) is 2.74. The molecular formula is C26H37N. The molecule has 0 aliphatic heterocycles. The third kappa shape index (κ3) is 6.24. The van der Waals surface area contributed by atoms with Crippen molar-refractivity contribution in [2.24, 2.45) is 23.7 Å². The Balaban J connectivity index is 1.37. The zero-order valence-electron chi connectivity index (χ0n) is 17.2. The minimum atomic E-state index is 0.743. The maximum atomic E-state index is 8.89. The van der Waals surface area contributed by atoms with E-state index in [1.165, 1.54) is 82.6 Å². The summed E-state index contributed by atoms with van der Waals surface area (Å²) in [5.41, 5.74) is 1.96. The van der Waals surface area contributed by atoms with Gasteiger partial charge < -0.3 is 0 Å². The number of hydrogen-bond acceptors (Lipinski definition) is 1. The Bertz CT molecular complexity index is 605. The van der Waals surface area contributed by atoms with Gasteiger partial charge >= 0.3 is 0 Å². The number of unbranched alkanes of at least 4 members (excludes halogenated alkanes) is 2. The van der Waals surface area contributed by atoms with E-state index < -0.39 is 0 Å². The number of rotatable bonds is 7. The van der Waals surface area contributed by atoms with Gasteiger partial charge in [0.15, 0.2) is 0 Å². The Morgan fingerprint density at radius 2 is 1.52 bits per heavy atom. The van der Waals surface area contributed by atoms with Gasteiger partial charge in [0.25, 0.3) is 0 Å². The van der Waals surface area contributed by atoms with Crippen molar-refractivity contribution in [3.05, 3.63) is 41.5 Å². The summed E-state index contributed by atoms with van der Waals surface area (Å²) in [6.45, 7) is 2.31. The van der Waals surface area contributed by atoms with E-state index in [1.54, 1.807) is 0 Å². The zero-order chi connectivity index (χ0) is 18.9. The molecule has 1 nitrogen and oxygen atoms in total. The Labute approximate surface area is 166 Å². The molecule has 0 N–H and O–H groups in total. The highest BCUT2D eigenvalue weighted by Crippen LogP contribution is 2.42. The molecule has 1 heteroatoms. The maximum absolute atomic E-state index is 8.89. The fraction of sp³-hybridized carbons (Fsp3) is 0.654. The fourth-order valence-electron chi connectivity index (χ4n) is 5.36. The van der Waals surface area contributed by atoms with Crippen molar-refractivity contribution < 1.29 is 0 Å². The van der Waals surface area contributed by atoms with Crippen molar-refractivity contribution >= 4 is 6.08 Å². The second-order valence-corrected chi connectivity index (χ2v) is 9.04. The van der Waals surface area contributed by atoms with Crippen LogP contribution in [-0.2, 0) is 0 Å². The van der Waals surface area contributed by atoms with Crippen LogP contribution in [0.25, 0.3) is 6.08 Å². The van der Waals surface area contributed by atoms with Crippen LogP contribution in [0.4, 0.5) is 0 Å². The SMILES string of the molecule is CCCCCC1CCC(C2CCC(C=Cc3ccc(C#N)cc3)CC2)CC1. The lowest BCUT2D eigenvalue weighted by Crippen LogP contribution is -2.25. The lowest BCUT2D eigenvalue weighted by atomic mass is 9.68. The minimum Gasteiger partial charge on any atom is -0.192 e. The van der Waals surface area contributed by atoms with E-state index >= 15 is 0 Å². The first kappa shape index (κ1) is 20.2. The average molecular weight is 364 g/mol. The van der Waals surface area contributed by atoms with Gasteiger partial charge in [0.05, 0.1) is 11.6 Å². The maximum Gasteiger partial charge on any atom is 0.0991 e. The Hall–Kier alpha value is -1.55. The Morgan fingerprint density at radius 3 is 2.11 bits per heavy atom. The molecule has 0 atom stereocenters. The van der Waals surface area contributed by atoms with Gasteiger partial charge in [-0.15, -0.1) is 0 Å². The molecule has 0 spiro atoms. The highest BCUT2D eigenvalue weighted by Gasteiger charge is 2.30. The van der Waals surface area contributed by atoms with Crippen LogP contribution in [0.1, 0.15) is 95.1 Å². The first-order valence-electron chi connectivity index (χ1n) is 11.5. The summed E-state index contributed by atoms with van der Waals surface area (Å²) in [6, 6.07) is 10.1. The quantitative estimate of drug-likeness (QED) is 0.454. The Kier molecular flexibility index (Phi) is 8.00. The third-order valence-corrected chi connectivity index (χ3v) is 7.19. The van der Waals surface area contributed by atoms with Gasteiger partial charge in [-0.05, 0) is 79.9 Å². The minimum absolute atomic E-state index is 0.743. The monoisotopic (exact) mass is 363 g/mol. The summed E-state index contributed by atoms with van der Waals surface area (Å²) in [4.78, 5) is 0. The molecule has 0 radical (unpaired) electrons. The highest BCUT2D eigenvalue weighted by atomic mass is 14.4. The summed E-state index contributed by atoms with van der Waals surface area (Å²) in [7, 11) is 0. The highest BCUT2D eigenvalue weighted by molar-refractivity contribution is 5.51. The van der Waals surface area contributed by atoms with Crippen molar-refractivity contribution in [2.45, 2.75) is 84.0 Å². The molecule has 3 rings (SSSR count). The molecule has 1 aromatic rings. The number of allylic oxidation sites excluding steroid dienone is 1. The van der Waals surface area contributed by atoms with Crippen LogP contribution in [-0.4, -0.2) is 0 Å². The van der Waals surface area contributed by atoms with Gasteiger partial charge in [-0.2, -0.15) is 5.26 Å². The zero-order valence-corrected chi connectivity index (χ0v) is 17.2. The molecule has 2 fully saturated rings. The summed E-state index contributed by atoms with van der Waals surface area (Å²) in [5.74, 6) is 3.82. The van der Waals surface area contributed by atoms with Crippen LogP contribution in [0, 0.1) is 35.0 Å². The van der Waals surface area contributed by atoms with Crippen molar-refractivity contribution in [3.63, 3.8) is 0 Å². The second-order valence-electron chi connectivity index (χ2n) is 9.04. The molecule has 146 valence electrons. The van der Waals surface area contributed by atoms with E-state index in [1.807, 2.05) is 12.1 Å². The van der Waals surface area contributed by atoms with Crippen LogP contribution in [0.5, 0.6) is 0 Å². The number of nitrogens with zero attached hydrogens (tertiary/aromatic N) is 1. The van der Waals surface area contributed by atoms with Crippen LogP contribution < -0.4 is 0 Å². The molecule has 2 aliphatic carbocycles. The fourth-order valence-corrected chi connectivity index (χ4v) is 5.36. The first-order chi connectivity index (χ1) is 13.3. The van der Waals surface area contributed by atoms with E-state index in [-0.39, 0.29) is 0 Å². The third-order valence-electron chi connectivity index (χ3n) is 7.19. The molecule has 0 heterocycles. The molecule has 0 saturated heterocycles. The van der Waals surface area contributed by atoms with Gasteiger partial charge in [0.1, 0.15) is 0 Å². The normalized spacial score (nSPS) is 28.9. The molecular weight excluding hydrogens is 326 g/mol. The van der Waals surface area contributed by atoms with Gasteiger partial charge in [0, 0.05) is 0 Å². The second kappa shape index (κ2) is 10.7. The molecule has 0 bridgehead atoms. The predicted octanol–water partition coefficient (Wildman–Crippen LogP) is 7.76. The van der Waals surface area contributed by atoms with E-state index in [0.717, 1.165) is 29.2 Å². The topological polar surface area (TPSA) is 23.8 Å². The largest absolute Gasteiger partial charge is 0.192 e. The summed E-state index contributed by atoms with van der Waals surface area (Å²) < 4.78 is 0. The summed E-state index contributed by atoms with van der Waals surface area (Å²) in [5, 5.41) is 8.89. The van der Waals surface area contributed by atoms with Crippen molar-refractivity contribution in [1.82, 2.24) is 0 Å². The molecule has 0 aromatic heterocycles. The van der Waals surface area contributed by atoms with Crippen LogP contribution in [0.15, 0.2) is 30.3 Å². The molecule has 2 saturated carbocycles.